The molecule has 1 heterocycles. The van der Waals surface area contributed by atoms with Gasteiger partial charge in [0.2, 0.25) is 5.91 Å². The van der Waals surface area contributed by atoms with E-state index < -0.39 is 17.7 Å². The van der Waals surface area contributed by atoms with Gasteiger partial charge in [0.15, 0.2) is 0 Å². The highest BCUT2D eigenvalue weighted by Gasteiger charge is 2.35. The Labute approximate surface area is 125 Å². The van der Waals surface area contributed by atoms with Gasteiger partial charge >= 0.3 is 6.09 Å². The van der Waals surface area contributed by atoms with Crippen molar-refractivity contribution in [3.05, 3.63) is 35.9 Å². The second-order valence-electron chi connectivity index (χ2n) is 6.17. The molecular weight excluding hydrogens is 268 g/mol. The van der Waals surface area contributed by atoms with Crippen LogP contribution in [0.15, 0.2) is 30.3 Å². The number of piperazine rings is 1. The predicted octanol–water partition coefficient (Wildman–Crippen LogP) is 1.96. The minimum atomic E-state index is -0.567. The van der Waals surface area contributed by atoms with Crippen molar-refractivity contribution in [2.24, 2.45) is 0 Å². The first-order chi connectivity index (χ1) is 9.87. The summed E-state index contributed by atoms with van der Waals surface area (Å²) in [4.78, 5) is 25.9. The molecule has 0 saturated carbocycles. The first-order valence-corrected chi connectivity index (χ1v) is 7.18. The minimum absolute atomic E-state index is 0.129. The average Bonchev–Trinajstić information content (AvgIpc) is 2.40. The fourth-order valence-electron chi connectivity index (χ4n) is 2.29. The predicted molar refractivity (Wildman–Crippen MR) is 79.9 cm³/mol. The normalized spacial score (nSPS) is 19.1. The zero-order valence-corrected chi connectivity index (χ0v) is 12.8. The largest absolute Gasteiger partial charge is 0.444 e. The number of ether oxygens (including phenoxy) is 1. The molecule has 0 radical (unpaired) electrons. The molecule has 1 aliphatic rings. The van der Waals surface area contributed by atoms with Crippen molar-refractivity contribution in [1.82, 2.24) is 10.2 Å². The zero-order valence-electron chi connectivity index (χ0n) is 12.8. The average molecular weight is 290 g/mol. The fraction of sp³-hybridized carbons (Fsp3) is 0.500. The molecule has 2 rings (SSSR count). The van der Waals surface area contributed by atoms with E-state index in [9.17, 15) is 9.59 Å². The Morgan fingerprint density at radius 1 is 1.33 bits per heavy atom. The third-order valence-electron chi connectivity index (χ3n) is 3.23. The highest BCUT2D eigenvalue weighted by molar-refractivity contribution is 5.87. The van der Waals surface area contributed by atoms with Crippen molar-refractivity contribution in [2.75, 3.05) is 13.1 Å². The molecule has 5 nitrogen and oxygen atoms in total. The second kappa shape index (κ2) is 6.16. The fourth-order valence-corrected chi connectivity index (χ4v) is 2.29. The quantitative estimate of drug-likeness (QED) is 0.906. The van der Waals surface area contributed by atoms with Crippen molar-refractivity contribution in [2.45, 2.75) is 38.8 Å². The van der Waals surface area contributed by atoms with Gasteiger partial charge in [0.05, 0.1) is 0 Å². The van der Waals surface area contributed by atoms with E-state index in [1.165, 1.54) is 4.90 Å². The summed E-state index contributed by atoms with van der Waals surface area (Å²) in [5.41, 5.74) is 0.454. The smallest absolute Gasteiger partial charge is 0.411 e. The van der Waals surface area contributed by atoms with Crippen LogP contribution in [-0.4, -0.2) is 41.6 Å². The van der Waals surface area contributed by atoms with Crippen LogP contribution < -0.4 is 5.32 Å². The summed E-state index contributed by atoms with van der Waals surface area (Å²) in [6.07, 6.45) is 0.0598. The van der Waals surface area contributed by atoms with Gasteiger partial charge in [0.25, 0.3) is 0 Å². The van der Waals surface area contributed by atoms with Crippen LogP contribution in [0.4, 0.5) is 4.79 Å². The number of rotatable bonds is 2. The summed E-state index contributed by atoms with van der Waals surface area (Å²) in [6.45, 7) is 6.39. The Morgan fingerprint density at radius 3 is 2.62 bits per heavy atom. The summed E-state index contributed by atoms with van der Waals surface area (Å²) in [6, 6.07) is 9.17. The van der Waals surface area contributed by atoms with Gasteiger partial charge in [-0.05, 0) is 26.3 Å². The lowest BCUT2D eigenvalue weighted by atomic mass is 10.0. The van der Waals surface area contributed by atoms with Gasteiger partial charge in [-0.25, -0.2) is 4.79 Å². The zero-order chi connectivity index (χ0) is 15.5. The maximum Gasteiger partial charge on any atom is 0.411 e. The number of hydrogen-bond donors (Lipinski definition) is 1. The SMILES string of the molecule is CC(C)(C)OC(=O)N1CCNC(=O)[C@@H]1Cc1ccccc1. The molecule has 1 aliphatic heterocycles. The molecule has 0 aromatic heterocycles. The number of nitrogens with one attached hydrogen (secondary N) is 1. The molecule has 5 heteroatoms. The number of benzene rings is 1. The van der Waals surface area contributed by atoms with Crippen molar-refractivity contribution in [1.29, 1.82) is 0 Å². The number of carbonyl (C=O) groups excluding carboxylic acids is 2. The van der Waals surface area contributed by atoms with Gasteiger partial charge in [0.1, 0.15) is 11.6 Å². The van der Waals surface area contributed by atoms with Gasteiger partial charge in [-0.2, -0.15) is 0 Å². The van der Waals surface area contributed by atoms with Crippen LogP contribution in [0.2, 0.25) is 0 Å². The Morgan fingerprint density at radius 2 is 2.00 bits per heavy atom. The molecule has 1 N–H and O–H groups in total. The molecule has 1 aromatic carbocycles. The molecule has 1 fully saturated rings. The molecule has 2 amide bonds. The number of amides is 2. The highest BCUT2D eigenvalue weighted by Crippen LogP contribution is 2.16. The first-order valence-electron chi connectivity index (χ1n) is 7.18. The molecule has 1 atom stereocenters. The van der Waals surface area contributed by atoms with E-state index in [0.29, 0.717) is 19.5 Å². The topological polar surface area (TPSA) is 58.6 Å². The van der Waals surface area contributed by atoms with Crippen LogP contribution in [-0.2, 0) is 16.0 Å². The number of hydrogen-bond acceptors (Lipinski definition) is 3. The van der Waals surface area contributed by atoms with E-state index in [4.69, 9.17) is 4.74 Å². The minimum Gasteiger partial charge on any atom is -0.444 e. The molecular formula is C16H22N2O3. The van der Waals surface area contributed by atoms with E-state index in [0.717, 1.165) is 5.56 Å². The van der Waals surface area contributed by atoms with Gasteiger partial charge in [0, 0.05) is 19.5 Å². The van der Waals surface area contributed by atoms with E-state index >= 15 is 0 Å². The summed E-state index contributed by atoms with van der Waals surface area (Å²) in [5.74, 6) is -0.129. The Kier molecular flexibility index (Phi) is 4.50. The lowest BCUT2D eigenvalue weighted by Gasteiger charge is -2.36. The molecule has 1 aromatic rings. The van der Waals surface area contributed by atoms with Crippen LogP contribution in [0.25, 0.3) is 0 Å². The molecule has 114 valence electrons. The Bertz CT molecular complexity index is 508. The third-order valence-corrected chi connectivity index (χ3v) is 3.23. The molecule has 0 bridgehead atoms. The Balaban J connectivity index is 2.13. The highest BCUT2D eigenvalue weighted by atomic mass is 16.6. The van der Waals surface area contributed by atoms with Crippen molar-refractivity contribution in [3.8, 4) is 0 Å². The van der Waals surface area contributed by atoms with Crippen LogP contribution in [0, 0.1) is 0 Å². The summed E-state index contributed by atoms with van der Waals surface area (Å²) in [5, 5.41) is 2.81. The standard InChI is InChI=1S/C16H22N2O3/c1-16(2,3)21-15(20)18-10-9-17-14(19)13(18)11-12-7-5-4-6-8-12/h4-8,13H,9-11H2,1-3H3,(H,17,19)/t13-/m0/s1. The van der Waals surface area contributed by atoms with Crippen LogP contribution >= 0.6 is 0 Å². The third kappa shape index (κ3) is 4.21. The number of nitrogens with zero attached hydrogens (tertiary/aromatic N) is 1. The summed E-state index contributed by atoms with van der Waals surface area (Å²) >= 11 is 0. The van der Waals surface area contributed by atoms with Gasteiger partial charge in [-0.15, -0.1) is 0 Å². The Hall–Kier alpha value is -2.04. The number of carbonyl (C=O) groups is 2. The maximum absolute atomic E-state index is 12.3. The lowest BCUT2D eigenvalue weighted by molar-refractivity contribution is -0.128. The lowest BCUT2D eigenvalue weighted by Crippen LogP contribution is -2.58. The second-order valence-corrected chi connectivity index (χ2v) is 6.17. The van der Waals surface area contributed by atoms with Crippen molar-refractivity contribution in [3.63, 3.8) is 0 Å². The monoisotopic (exact) mass is 290 g/mol. The van der Waals surface area contributed by atoms with Crippen molar-refractivity contribution >= 4 is 12.0 Å². The first kappa shape index (κ1) is 15.4. The maximum atomic E-state index is 12.3. The molecule has 0 spiro atoms. The van der Waals surface area contributed by atoms with Gasteiger partial charge in [-0.1, -0.05) is 30.3 Å². The van der Waals surface area contributed by atoms with Crippen molar-refractivity contribution < 1.29 is 14.3 Å². The van der Waals surface area contributed by atoms with E-state index in [2.05, 4.69) is 5.32 Å². The molecule has 0 aliphatic carbocycles. The van der Waals surface area contributed by atoms with E-state index in [1.54, 1.807) is 0 Å². The summed E-state index contributed by atoms with van der Waals surface area (Å²) in [7, 11) is 0. The van der Waals surface area contributed by atoms with Gasteiger partial charge < -0.3 is 10.1 Å². The van der Waals surface area contributed by atoms with E-state index in [1.807, 2.05) is 51.1 Å². The van der Waals surface area contributed by atoms with E-state index in [-0.39, 0.29) is 5.91 Å². The van der Waals surface area contributed by atoms with Crippen LogP contribution in [0.3, 0.4) is 0 Å². The molecule has 21 heavy (non-hydrogen) atoms. The summed E-state index contributed by atoms with van der Waals surface area (Å²) < 4.78 is 5.40. The molecule has 1 saturated heterocycles. The van der Waals surface area contributed by atoms with Gasteiger partial charge in [-0.3, -0.25) is 9.69 Å². The van der Waals surface area contributed by atoms with Crippen LogP contribution in [0.5, 0.6) is 0 Å². The molecule has 0 unspecified atom stereocenters. The van der Waals surface area contributed by atoms with Crippen LogP contribution in [0.1, 0.15) is 26.3 Å².